The smallest absolute Gasteiger partial charge is 0.410 e. The Hall–Kier alpha value is -2.56. The average Bonchev–Trinajstić information content (AvgIpc) is 2.40. The van der Waals surface area contributed by atoms with Crippen molar-refractivity contribution in [1.29, 1.82) is 0 Å². The highest BCUT2D eigenvalue weighted by atomic mass is 16.6. The molecule has 1 aromatic heterocycles. The van der Waals surface area contributed by atoms with Crippen molar-refractivity contribution in [3.63, 3.8) is 0 Å². The van der Waals surface area contributed by atoms with E-state index in [0.29, 0.717) is 17.3 Å². The Morgan fingerprint density at radius 1 is 1.16 bits per heavy atom. The molecule has 0 radical (unpaired) electrons. The molecule has 1 aromatic carbocycles. The zero-order valence-electron chi connectivity index (χ0n) is 10.8. The van der Waals surface area contributed by atoms with Gasteiger partial charge in [0.1, 0.15) is 5.75 Å². The molecule has 19 heavy (non-hydrogen) atoms. The van der Waals surface area contributed by atoms with Crippen LogP contribution < -0.4 is 15.0 Å². The van der Waals surface area contributed by atoms with Crippen molar-refractivity contribution in [2.45, 2.75) is 0 Å². The molecule has 2 rings (SSSR count). The molecule has 0 saturated carbocycles. The summed E-state index contributed by atoms with van der Waals surface area (Å²) in [6, 6.07) is 12.4. The van der Waals surface area contributed by atoms with Gasteiger partial charge in [0.05, 0.1) is 5.69 Å². The second-order valence-electron chi connectivity index (χ2n) is 4.10. The van der Waals surface area contributed by atoms with Crippen molar-refractivity contribution < 1.29 is 9.53 Å². The molecule has 98 valence electrons. The first-order valence-corrected chi connectivity index (χ1v) is 5.83. The number of ether oxygens (including phenoxy) is 1. The zero-order chi connectivity index (χ0) is 13.7. The normalized spacial score (nSPS) is 9.79. The number of para-hydroxylation sites is 1. The van der Waals surface area contributed by atoms with Gasteiger partial charge < -0.3 is 9.64 Å². The Bertz CT molecular complexity index is 556. The highest BCUT2D eigenvalue weighted by Gasteiger charge is 2.10. The molecule has 0 saturated heterocycles. The Morgan fingerprint density at radius 3 is 2.58 bits per heavy atom. The molecule has 5 nitrogen and oxygen atoms in total. The number of anilines is 2. The van der Waals surface area contributed by atoms with Crippen LogP contribution in [0.5, 0.6) is 5.75 Å². The van der Waals surface area contributed by atoms with Crippen molar-refractivity contribution in [1.82, 2.24) is 4.98 Å². The second kappa shape index (κ2) is 5.86. The lowest BCUT2D eigenvalue weighted by atomic mass is 10.3. The topological polar surface area (TPSA) is 54.5 Å². The van der Waals surface area contributed by atoms with Crippen LogP contribution in [-0.2, 0) is 0 Å². The van der Waals surface area contributed by atoms with Crippen LogP contribution in [0.4, 0.5) is 16.3 Å². The standard InChI is InChI=1S/C14H15N3O2/c1-17(2)13-12(9-6-10-15-13)16-14(18)19-11-7-4-3-5-8-11/h3-10H,1-2H3,(H,16,18). The van der Waals surface area contributed by atoms with E-state index in [0.717, 1.165) is 0 Å². The molecule has 0 atom stereocenters. The fourth-order valence-corrected chi connectivity index (χ4v) is 1.58. The van der Waals surface area contributed by atoms with Gasteiger partial charge in [0.15, 0.2) is 5.82 Å². The predicted octanol–water partition coefficient (Wildman–Crippen LogP) is 2.76. The minimum atomic E-state index is -0.540. The van der Waals surface area contributed by atoms with Crippen LogP contribution in [0, 0.1) is 0 Å². The van der Waals surface area contributed by atoms with Crippen LogP contribution in [0.25, 0.3) is 0 Å². The molecule has 0 spiro atoms. The Labute approximate surface area is 111 Å². The summed E-state index contributed by atoms with van der Waals surface area (Å²) in [7, 11) is 3.71. The van der Waals surface area contributed by atoms with E-state index in [1.807, 2.05) is 25.1 Å². The Morgan fingerprint density at radius 2 is 1.89 bits per heavy atom. The molecule has 0 bridgehead atoms. The van der Waals surface area contributed by atoms with E-state index >= 15 is 0 Å². The summed E-state index contributed by atoms with van der Waals surface area (Å²) in [6.07, 6.45) is 1.13. The summed E-state index contributed by atoms with van der Waals surface area (Å²) in [5.41, 5.74) is 0.605. The fraction of sp³-hybridized carbons (Fsp3) is 0.143. The third-order valence-electron chi connectivity index (χ3n) is 2.40. The van der Waals surface area contributed by atoms with Gasteiger partial charge in [-0.05, 0) is 24.3 Å². The first kappa shape index (κ1) is 12.9. The summed E-state index contributed by atoms with van der Waals surface area (Å²) in [5, 5.41) is 2.68. The molecule has 0 aliphatic heterocycles. The SMILES string of the molecule is CN(C)c1ncccc1NC(=O)Oc1ccccc1. The van der Waals surface area contributed by atoms with Crippen LogP contribution >= 0.6 is 0 Å². The number of nitrogens with zero attached hydrogens (tertiary/aromatic N) is 2. The number of benzene rings is 1. The van der Waals surface area contributed by atoms with Crippen molar-refractivity contribution in [2.75, 3.05) is 24.3 Å². The van der Waals surface area contributed by atoms with Crippen LogP contribution in [-0.4, -0.2) is 25.2 Å². The molecule has 1 amide bonds. The van der Waals surface area contributed by atoms with Gasteiger partial charge in [0.2, 0.25) is 0 Å². The number of nitrogens with one attached hydrogen (secondary N) is 1. The molecule has 1 N–H and O–H groups in total. The quantitative estimate of drug-likeness (QED) is 0.918. The van der Waals surface area contributed by atoms with Crippen molar-refractivity contribution in [3.8, 4) is 5.75 Å². The molecule has 0 aliphatic rings. The Kier molecular flexibility index (Phi) is 3.97. The average molecular weight is 257 g/mol. The van der Waals surface area contributed by atoms with Crippen LogP contribution in [0.15, 0.2) is 48.7 Å². The molecule has 5 heteroatoms. The number of hydrogen-bond donors (Lipinski definition) is 1. The molecule has 0 aliphatic carbocycles. The van der Waals surface area contributed by atoms with Gasteiger partial charge in [0, 0.05) is 20.3 Å². The fourth-order valence-electron chi connectivity index (χ4n) is 1.58. The zero-order valence-corrected chi connectivity index (χ0v) is 10.8. The lowest BCUT2D eigenvalue weighted by molar-refractivity contribution is 0.215. The third kappa shape index (κ3) is 3.45. The largest absolute Gasteiger partial charge is 0.417 e. The molecule has 0 fully saturated rings. The van der Waals surface area contributed by atoms with Crippen molar-refractivity contribution in [3.05, 3.63) is 48.7 Å². The maximum absolute atomic E-state index is 11.8. The van der Waals surface area contributed by atoms with Gasteiger partial charge in [-0.25, -0.2) is 9.78 Å². The second-order valence-corrected chi connectivity index (χ2v) is 4.10. The summed E-state index contributed by atoms with van der Waals surface area (Å²) in [4.78, 5) is 17.8. The summed E-state index contributed by atoms with van der Waals surface area (Å²) < 4.78 is 5.16. The van der Waals surface area contributed by atoms with E-state index in [4.69, 9.17) is 4.74 Å². The monoisotopic (exact) mass is 257 g/mol. The summed E-state index contributed by atoms with van der Waals surface area (Å²) >= 11 is 0. The van der Waals surface area contributed by atoms with Gasteiger partial charge in [-0.3, -0.25) is 5.32 Å². The predicted molar refractivity (Wildman–Crippen MR) is 74.7 cm³/mol. The van der Waals surface area contributed by atoms with Gasteiger partial charge in [-0.1, -0.05) is 18.2 Å². The maximum Gasteiger partial charge on any atom is 0.417 e. The van der Waals surface area contributed by atoms with Crippen molar-refractivity contribution in [2.24, 2.45) is 0 Å². The minimum Gasteiger partial charge on any atom is -0.410 e. The third-order valence-corrected chi connectivity index (χ3v) is 2.40. The number of pyridine rings is 1. The van der Waals surface area contributed by atoms with E-state index in [2.05, 4.69) is 10.3 Å². The number of amides is 1. The first-order chi connectivity index (χ1) is 9.16. The van der Waals surface area contributed by atoms with E-state index in [1.165, 1.54) is 0 Å². The van der Waals surface area contributed by atoms with Crippen molar-refractivity contribution >= 4 is 17.6 Å². The highest BCUT2D eigenvalue weighted by Crippen LogP contribution is 2.20. The van der Waals surface area contributed by atoms with Gasteiger partial charge in [-0.2, -0.15) is 0 Å². The van der Waals surface area contributed by atoms with E-state index in [-0.39, 0.29) is 0 Å². The lowest BCUT2D eigenvalue weighted by Gasteiger charge is -2.16. The van der Waals surface area contributed by atoms with Crippen LogP contribution in [0.1, 0.15) is 0 Å². The van der Waals surface area contributed by atoms with Gasteiger partial charge in [0.25, 0.3) is 0 Å². The number of carbonyl (C=O) groups is 1. The van der Waals surface area contributed by atoms with Gasteiger partial charge >= 0.3 is 6.09 Å². The molecular formula is C14H15N3O2. The molecular weight excluding hydrogens is 242 g/mol. The molecule has 2 aromatic rings. The van der Waals surface area contributed by atoms with E-state index < -0.39 is 6.09 Å². The minimum absolute atomic E-state index is 0.496. The summed E-state index contributed by atoms with van der Waals surface area (Å²) in [6.45, 7) is 0. The van der Waals surface area contributed by atoms with Crippen LogP contribution in [0.2, 0.25) is 0 Å². The number of hydrogen-bond acceptors (Lipinski definition) is 4. The molecule has 0 unspecified atom stereocenters. The maximum atomic E-state index is 11.8. The lowest BCUT2D eigenvalue weighted by Crippen LogP contribution is -2.20. The Balaban J connectivity index is 2.07. The first-order valence-electron chi connectivity index (χ1n) is 5.83. The van der Waals surface area contributed by atoms with Crippen LogP contribution in [0.3, 0.4) is 0 Å². The summed E-state index contributed by atoms with van der Waals surface area (Å²) in [5.74, 6) is 1.17. The number of rotatable bonds is 3. The number of carbonyl (C=O) groups excluding carboxylic acids is 1. The molecule has 1 heterocycles. The van der Waals surface area contributed by atoms with E-state index in [9.17, 15) is 4.79 Å². The highest BCUT2D eigenvalue weighted by molar-refractivity contribution is 5.89. The van der Waals surface area contributed by atoms with E-state index in [1.54, 1.807) is 42.6 Å². The number of aromatic nitrogens is 1. The van der Waals surface area contributed by atoms with Gasteiger partial charge in [-0.15, -0.1) is 0 Å².